The second kappa shape index (κ2) is 37.4. The first kappa shape index (κ1) is 87.8. The molecule has 30 aromatic rings. The van der Waals surface area contributed by atoms with E-state index in [1.807, 2.05) is 0 Å². The van der Waals surface area contributed by atoms with Gasteiger partial charge in [-0.2, -0.15) is 0 Å². The molecule has 0 aliphatic rings. The standard InChI is InChI=1S/3C48H32N2/c1-4-15-33(16-5-1)38-23-14-26-46(48(38)34-17-6-2-7-18-34)50-44-25-13-11-22-40(44)42-31-35(28-30-45(42)50)36-27-29-41-39-21-10-12-24-43(39)49(47(41)32-36)37-19-8-3-9-20-37;1-4-14-33(15-5-1)36-24-27-39(34-16-6-2-7-17-34)47(31-36)50-45-23-13-11-21-41(45)43-30-35(26-29-46(43)50)37-25-28-42-40-20-10-12-22-44(40)49(48(42)32-37)38-18-8-3-9-19-38;1-4-14-33(15-5-1)35-25-28-46(42(30-35)34-16-6-2-7-17-34)50-45-23-13-11-21-40(45)43-31-36(26-29-47(43)50)37-24-27-41-39-20-10-12-22-44(39)49(48(41)32-37)38-18-8-3-9-19-38/h3*1-32H. The highest BCUT2D eigenvalue weighted by Gasteiger charge is 2.26. The minimum atomic E-state index is 1.17. The van der Waals surface area contributed by atoms with Gasteiger partial charge >= 0.3 is 0 Å². The van der Waals surface area contributed by atoms with E-state index in [0.717, 1.165) is 0 Å². The fraction of sp³-hybridized carbons (Fsp3) is 0. The molecule has 0 fully saturated rings. The van der Waals surface area contributed by atoms with E-state index in [2.05, 4.69) is 610 Å². The first-order valence-electron chi connectivity index (χ1n) is 51.6. The van der Waals surface area contributed by atoms with Crippen LogP contribution in [0.3, 0.4) is 0 Å². The quantitative estimate of drug-likeness (QED) is 0.0979. The van der Waals surface area contributed by atoms with Gasteiger partial charge < -0.3 is 27.4 Å². The van der Waals surface area contributed by atoms with E-state index < -0.39 is 0 Å². The molecule has 0 atom stereocenters. The first-order chi connectivity index (χ1) is 74.5. The number of aromatic nitrogens is 6. The molecule has 0 saturated carbocycles. The second-order valence-corrected chi connectivity index (χ2v) is 38.9. The zero-order valence-electron chi connectivity index (χ0n) is 82.1. The predicted octanol–water partition coefficient (Wildman–Crippen LogP) is 38.6. The Balaban J connectivity index is 0.000000108. The van der Waals surface area contributed by atoms with E-state index in [-0.39, 0.29) is 0 Å². The van der Waals surface area contributed by atoms with Gasteiger partial charge in [0.15, 0.2) is 0 Å². The van der Waals surface area contributed by atoms with Crippen LogP contribution in [-0.2, 0) is 0 Å². The zero-order valence-corrected chi connectivity index (χ0v) is 82.1. The summed E-state index contributed by atoms with van der Waals surface area (Å²) in [6, 6.07) is 211. The Kier molecular flexibility index (Phi) is 21.9. The van der Waals surface area contributed by atoms with E-state index in [1.54, 1.807) is 0 Å². The third-order valence-corrected chi connectivity index (χ3v) is 30.4. The summed E-state index contributed by atoms with van der Waals surface area (Å²) < 4.78 is 14.5. The number of nitrogens with zero attached hydrogens (tertiary/aromatic N) is 6. The van der Waals surface area contributed by atoms with Crippen molar-refractivity contribution >= 4 is 131 Å². The zero-order chi connectivity index (χ0) is 99.1. The summed E-state index contributed by atoms with van der Waals surface area (Å²) in [5, 5.41) is 15.0. The Morgan fingerprint density at radius 3 is 0.700 bits per heavy atom. The predicted molar refractivity (Wildman–Crippen MR) is 634 cm³/mol. The Morgan fingerprint density at radius 2 is 0.333 bits per heavy atom. The maximum atomic E-state index is 2.46. The lowest BCUT2D eigenvalue weighted by Crippen LogP contribution is -1.99. The number of fused-ring (bicyclic) bond motifs is 18. The summed E-state index contributed by atoms with van der Waals surface area (Å²) in [5.74, 6) is 0. The van der Waals surface area contributed by atoms with E-state index in [4.69, 9.17) is 0 Å². The van der Waals surface area contributed by atoms with Gasteiger partial charge in [-0.05, 0) is 235 Å². The molecule has 0 saturated heterocycles. The van der Waals surface area contributed by atoms with Crippen LogP contribution in [0.4, 0.5) is 0 Å². The lowest BCUT2D eigenvalue weighted by Gasteiger charge is -2.18. The summed E-state index contributed by atoms with van der Waals surface area (Å²) in [6.07, 6.45) is 0. The monoisotopic (exact) mass is 1910 g/mol. The molecule has 0 N–H and O–H groups in total. The largest absolute Gasteiger partial charge is 0.309 e. The van der Waals surface area contributed by atoms with Gasteiger partial charge in [0, 0.05) is 98.4 Å². The second-order valence-electron chi connectivity index (χ2n) is 38.9. The minimum absolute atomic E-state index is 1.17. The smallest absolute Gasteiger partial charge is 0.0547 e. The molecule has 0 amide bonds. The van der Waals surface area contributed by atoms with Crippen molar-refractivity contribution in [3.8, 4) is 134 Å². The SMILES string of the molecule is c1ccc(-c2ccc(-c3ccccc3)c(-n3c4ccccc4c4cc(-c5ccc6c7ccccc7n(-c7ccccc7)c6c5)ccc43)c2)cc1.c1ccc(-c2ccc(-n3c4ccccc4c4cc(-c5ccc6c7ccccc7n(-c7ccccc7)c6c5)ccc43)c(-c3ccccc3)c2)cc1.c1ccc(-c2cccc(-n3c4ccccc4c4cc(-c5ccc6c7ccccc7n(-c7ccccc7)c6c5)ccc43)c2-c2ccccc2)cc1. The van der Waals surface area contributed by atoms with Crippen molar-refractivity contribution in [3.63, 3.8) is 0 Å². The van der Waals surface area contributed by atoms with E-state index >= 15 is 0 Å². The summed E-state index contributed by atoms with van der Waals surface area (Å²) in [5.41, 5.74) is 43.2. The van der Waals surface area contributed by atoms with Gasteiger partial charge in [0.25, 0.3) is 0 Å². The molecule has 0 radical (unpaired) electrons. The van der Waals surface area contributed by atoms with Crippen molar-refractivity contribution < 1.29 is 0 Å². The summed E-state index contributed by atoms with van der Waals surface area (Å²) >= 11 is 0. The molecule has 30 rings (SSSR count). The number of hydrogen-bond acceptors (Lipinski definition) is 0. The Labute approximate surface area is 868 Å². The lowest BCUT2D eigenvalue weighted by molar-refractivity contribution is 1.18. The fourth-order valence-electron chi connectivity index (χ4n) is 23.5. The van der Waals surface area contributed by atoms with Gasteiger partial charge in [0.05, 0.1) is 83.3 Å². The molecule has 0 aliphatic heterocycles. The highest BCUT2D eigenvalue weighted by Crippen LogP contribution is 2.49. The van der Waals surface area contributed by atoms with Crippen molar-refractivity contribution in [2.75, 3.05) is 0 Å². The van der Waals surface area contributed by atoms with E-state index in [0.29, 0.717) is 0 Å². The number of rotatable bonds is 15. The fourth-order valence-corrected chi connectivity index (χ4v) is 23.5. The van der Waals surface area contributed by atoms with Crippen LogP contribution < -0.4 is 0 Å². The molecule has 6 nitrogen and oxygen atoms in total. The van der Waals surface area contributed by atoms with Gasteiger partial charge in [-0.3, -0.25) is 0 Å². The lowest BCUT2D eigenvalue weighted by atomic mass is 9.93. The minimum Gasteiger partial charge on any atom is -0.309 e. The Hall–Kier alpha value is -19.9. The number of para-hydroxylation sites is 9. The molecule has 6 heteroatoms. The van der Waals surface area contributed by atoms with Crippen LogP contribution in [0.1, 0.15) is 0 Å². The summed E-state index contributed by atoms with van der Waals surface area (Å²) in [6.45, 7) is 0. The molecule has 6 heterocycles. The molecular formula is C144H96N6. The number of benzene rings is 24. The highest BCUT2D eigenvalue weighted by molar-refractivity contribution is 6.18. The van der Waals surface area contributed by atoms with Crippen LogP contribution in [0, 0.1) is 0 Å². The molecule has 0 bridgehead atoms. The van der Waals surface area contributed by atoms with Crippen molar-refractivity contribution in [2.24, 2.45) is 0 Å². The van der Waals surface area contributed by atoms with Crippen LogP contribution >= 0.6 is 0 Å². The Bertz CT molecular complexity index is 10100. The van der Waals surface area contributed by atoms with Gasteiger partial charge in [-0.15, -0.1) is 0 Å². The summed E-state index contributed by atoms with van der Waals surface area (Å²) in [4.78, 5) is 0. The van der Waals surface area contributed by atoms with E-state index in [1.165, 1.54) is 265 Å². The first-order valence-corrected chi connectivity index (χ1v) is 51.6. The van der Waals surface area contributed by atoms with Crippen molar-refractivity contribution in [1.82, 2.24) is 27.4 Å². The van der Waals surface area contributed by atoms with Crippen molar-refractivity contribution in [3.05, 3.63) is 582 Å². The third-order valence-electron chi connectivity index (χ3n) is 30.4. The summed E-state index contributed by atoms with van der Waals surface area (Å²) in [7, 11) is 0. The maximum Gasteiger partial charge on any atom is 0.0547 e. The normalized spacial score (nSPS) is 11.6. The van der Waals surface area contributed by atoms with Gasteiger partial charge in [0.1, 0.15) is 0 Å². The van der Waals surface area contributed by atoms with Crippen LogP contribution in [0.15, 0.2) is 582 Å². The van der Waals surface area contributed by atoms with Crippen LogP contribution in [0.5, 0.6) is 0 Å². The molecule has 0 unspecified atom stereocenters. The molecule has 24 aromatic carbocycles. The molecule has 0 spiro atoms. The van der Waals surface area contributed by atoms with Gasteiger partial charge in [-0.25, -0.2) is 0 Å². The number of hydrogen-bond donors (Lipinski definition) is 0. The van der Waals surface area contributed by atoms with Gasteiger partial charge in [0.2, 0.25) is 0 Å². The van der Waals surface area contributed by atoms with Crippen molar-refractivity contribution in [2.45, 2.75) is 0 Å². The average Bonchev–Trinajstić information content (AvgIpc) is 1.59. The molecule has 702 valence electrons. The Morgan fingerprint density at radius 1 is 0.0933 bits per heavy atom. The highest BCUT2D eigenvalue weighted by atomic mass is 15.0. The van der Waals surface area contributed by atoms with Crippen molar-refractivity contribution in [1.29, 1.82) is 0 Å². The molecule has 0 aliphatic carbocycles. The molecule has 6 aromatic heterocycles. The van der Waals surface area contributed by atoms with E-state index in [9.17, 15) is 0 Å². The van der Waals surface area contributed by atoms with Crippen LogP contribution in [0.2, 0.25) is 0 Å². The molecular weight excluding hydrogens is 1810 g/mol. The van der Waals surface area contributed by atoms with Crippen LogP contribution in [0.25, 0.3) is 265 Å². The van der Waals surface area contributed by atoms with Crippen LogP contribution in [-0.4, -0.2) is 27.4 Å². The topological polar surface area (TPSA) is 29.6 Å². The maximum absolute atomic E-state index is 2.46. The average molecular weight is 1910 g/mol. The molecule has 150 heavy (non-hydrogen) atoms. The van der Waals surface area contributed by atoms with Gasteiger partial charge in [-0.1, -0.05) is 431 Å². The third kappa shape index (κ3) is 15.3.